The van der Waals surface area contributed by atoms with Crippen LogP contribution in [-0.4, -0.2) is 11.9 Å². The Labute approximate surface area is 78.8 Å². The molecule has 0 heterocycles. The molecule has 0 atom stereocenters. The van der Waals surface area contributed by atoms with Crippen LogP contribution in [0.25, 0.3) is 0 Å². The summed E-state index contributed by atoms with van der Waals surface area (Å²) in [6.07, 6.45) is 7.52. The van der Waals surface area contributed by atoms with Gasteiger partial charge in [-0.2, -0.15) is 12.6 Å². The van der Waals surface area contributed by atoms with Gasteiger partial charge in [0.15, 0.2) is 0 Å². The van der Waals surface area contributed by atoms with Crippen LogP contribution in [0.2, 0.25) is 0 Å². The van der Waals surface area contributed by atoms with Gasteiger partial charge in [-0.1, -0.05) is 19.3 Å². The number of hydrogen-bond donors (Lipinski definition) is 2. The van der Waals surface area contributed by atoms with Crippen LogP contribution in [0.15, 0.2) is 11.5 Å². The van der Waals surface area contributed by atoms with Gasteiger partial charge in [-0.15, -0.1) is 0 Å². The molecule has 1 saturated carbocycles. The molecule has 2 nitrogen and oxygen atoms in total. The molecule has 0 aromatic rings. The van der Waals surface area contributed by atoms with E-state index >= 15 is 0 Å². The fraction of sp³-hybridized carbons (Fsp3) is 0.667. The molecule has 0 aromatic heterocycles. The Balaban J connectivity index is 2.24. The van der Waals surface area contributed by atoms with E-state index < -0.39 is 0 Å². The molecule has 0 aliphatic heterocycles. The lowest BCUT2D eigenvalue weighted by Crippen LogP contribution is -2.34. The second-order valence-electron chi connectivity index (χ2n) is 3.16. The number of carbonyl (C=O) groups is 1. The minimum absolute atomic E-state index is 0.0168. The third kappa shape index (κ3) is 3.30. The van der Waals surface area contributed by atoms with E-state index in [0.29, 0.717) is 6.04 Å². The van der Waals surface area contributed by atoms with Crippen LogP contribution in [-0.2, 0) is 4.79 Å². The molecule has 0 bridgehead atoms. The number of hydrogen-bond acceptors (Lipinski definition) is 2. The Kier molecular flexibility index (Phi) is 4.22. The lowest BCUT2D eigenvalue weighted by Gasteiger charge is -2.21. The van der Waals surface area contributed by atoms with E-state index in [0.717, 1.165) is 12.8 Å². The summed E-state index contributed by atoms with van der Waals surface area (Å²) in [5.41, 5.74) is 0. The van der Waals surface area contributed by atoms with Gasteiger partial charge in [0.1, 0.15) is 0 Å². The van der Waals surface area contributed by atoms with Gasteiger partial charge in [0, 0.05) is 12.1 Å². The number of amides is 1. The standard InChI is InChI=1S/C9H15NOS/c11-9(6-7-12)10-8-4-2-1-3-5-8/h6-8,12H,1-5H2,(H,10,11). The second kappa shape index (κ2) is 5.25. The molecule has 1 fully saturated rings. The predicted molar refractivity (Wildman–Crippen MR) is 53.1 cm³/mol. The van der Waals surface area contributed by atoms with Gasteiger partial charge in [-0.05, 0) is 18.2 Å². The summed E-state index contributed by atoms with van der Waals surface area (Å²) in [6.45, 7) is 0. The highest BCUT2D eigenvalue weighted by Gasteiger charge is 2.13. The highest BCUT2D eigenvalue weighted by atomic mass is 32.1. The number of rotatable bonds is 2. The van der Waals surface area contributed by atoms with Gasteiger partial charge < -0.3 is 5.32 Å². The van der Waals surface area contributed by atoms with E-state index in [1.54, 1.807) is 0 Å². The molecule has 0 aromatic carbocycles. The van der Waals surface area contributed by atoms with Crippen molar-refractivity contribution in [3.05, 3.63) is 11.5 Å². The smallest absolute Gasteiger partial charge is 0.244 e. The van der Waals surface area contributed by atoms with E-state index in [-0.39, 0.29) is 5.91 Å². The summed E-state index contributed by atoms with van der Waals surface area (Å²) in [6, 6.07) is 0.399. The highest BCUT2D eigenvalue weighted by Crippen LogP contribution is 2.17. The topological polar surface area (TPSA) is 29.1 Å². The third-order valence-corrected chi connectivity index (χ3v) is 2.33. The number of nitrogens with one attached hydrogen (secondary N) is 1. The summed E-state index contributed by atoms with van der Waals surface area (Å²) in [4.78, 5) is 11.1. The van der Waals surface area contributed by atoms with Gasteiger partial charge in [-0.3, -0.25) is 4.79 Å². The molecule has 1 N–H and O–H groups in total. The Morgan fingerprint density at radius 3 is 2.58 bits per heavy atom. The van der Waals surface area contributed by atoms with Crippen molar-refractivity contribution in [2.75, 3.05) is 0 Å². The average molecular weight is 185 g/mol. The minimum atomic E-state index is -0.0168. The normalized spacial score (nSPS) is 19.8. The molecular weight excluding hydrogens is 170 g/mol. The monoisotopic (exact) mass is 185 g/mol. The van der Waals surface area contributed by atoms with E-state index in [1.807, 2.05) is 0 Å². The van der Waals surface area contributed by atoms with Crippen LogP contribution in [0, 0.1) is 0 Å². The van der Waals surface area contributed by atoms with Crippen LogP contribution in [0.1, 0.15) is 32.1 Å². The van der Waals surface area contributed by atoms with Crippen molar-refractivity contribution in [1.29, 1.82) is 0 Å². The van der Waals surface area contributed by atoms with Gasteiger partial charge in [0.05, 0.1) is 0 Å². The van der Waals surface area contributed by atoms with Crippen molar-refractivity contribution in [3.8, 4) is 0 Å². The van der Waals surface area contributed by atoms with Crippen LogP contribution in [0.5, 0.6) is 0 Å². The van der Waals surface area contributed by atoms with Gasteiger partial charge in [0.2, 0.25) is 5.91 Å². The summed E-state index contributed by atoms with van der Waals surface area (Å²) in [5, 5.41) is 4.42. The summed E-state index contributed by atoms with van der Waals surface area (Å²) in [5.74, 6) is -0.0168. The van der Waals surface area contributed by atoms with Crippen LogP contribution >= 0.6 is 12.6 Å². The van der Waals surface area contributed by atoms with E-state index in [2.05, 4.69) is 17.9 Å². The van der Waals surface area contributed by atoms with Gasteiger partial charge in [0.25, 0.3) is 0 Å². The molecular formula is C9H15NOS. The summed E-state index contributed by atoms with van der Waals surface area (Å²) in [7, 11) is 0. The Morgan fingerprint density at radius 1 is 1.33 bits per heavy atom. The molecule has 1 aliphatic rings. The Bertz CT molecular complexity index is 173. The van der Waals surface area contributed by atoms with E-state index in [9.17, 15) is 4.79 Å². The fourth-order valence-electron chi connectivity index (χ4n) is 1.56. The molecule has 12 heavy (non-hydrogen) atoms. The zero-order valence-corrected chi connectivity index (χ0v) is 8.02. The van der Waals surface area contributed by atoms with Gasteiger partial charge >= 0.3 is 0 Å². The molecule has 3 heteroatoms. The molecule has 68 valence electrons. The first-order chi connectivity index (χ1) is 5.83. The van der Waals surface area contributed by atoms with E-state index in [4.69, 9.17) is 0 Å². The minimum Gasteiger partial charge on any atom is -0.350 e. The number of carbonyl (C=O) groups excluding carboxylic acids is 1. The lowest BCUT2D eigenvalue weighted by molar-refractivity contribution is -0.117. The molecule has 1 amide bonds. The zero-order chi connectivity index (χ0) is 8.81. The maximum absolute atomic E-state index is 11.1. The first kappa shape index (κ1) is 9.65. The van der Waals surface area contributed by atoms with Crippen molar-refractivity contribution >= 4 is 18.5 Å². The molecule has 1 aliphatic carbocycles. The first-order valence-corrected chi connectivity index (χ1v) is 4.96. The van der Waals surface area contributed by atoms with Crippen molar-refractivity contribution in [3.63, 3.8) is 0 Å². The molecule has 0 spiro atoms. The molecule has 1 rings (SSSR count). The quantitative estimate of drug-likeness (QED) is 0.499. The van der Waals surface area contributed by atoms with E-state index in [1.165, 1.54) is 30.7 Å². The van der Waals surface area contributed by atoms with Crippen molar-refractivity contribution in [1.82, 2.24) is 5.32 Å². The van der Waals surface area contributed by atoms with Crippen molar-refractivity contribution in [2.45, 2.75) is 38.1 Å². The highest BCUT2D eigenvalue weighted by molar-refractivity contribution is 7.83. The molecule has 0 radical (unpaired) electrons. The summed E-state index contributed by atoms with van der Waals surface area (Å²) >= 11 is 3.84. The summed E-state index contributed by atoms with van der Waals surface area (Å²) < 4.78 is 0. The fourth-order valence-corrected chi connectivity index (χ4v) is 1.70. The second-order valence-corrected chi connectivity index (χ2v) is 3.46. The molecule has 0 saturated heterocycles. The maximum Gasteiger partial charge on any atom is 0.244 e. The number of thiol groups is 1. The zero-order valence-electron chi connectivity index (χ0n) is 7.12. The lowest BCUT2D eigenvalue weighted by atomic mass is 9.95. The van der Waals surface area contributed by atoms with Crippen molar-refractivity contribution < 1.29 is 4.79 Å². The Hall–Kier alpha value is -0.440. The van der Waals surface area contributed by atoms with Crippen LogP contribution in [0.3, 0.4) is 0 Å². The SMILES string of the molecule is O=C(C=CS)NC1CCCCC1. The first-order valence-electron chi connectivity index (χ1n) is 4.44. The Morgan fingerprint density at radius 2 is 2.00 bits per heavy atom. The average Bonchev–Trinajstić information content (AvgIpc) is 2.06. The molecule has 0 unspecified atom stereocenters. The van der Waals surface area contributed by atoms with Crippen LogP contribution in [0.4, 0.5) is 0 Å². The predicted octanol–water partition coefficient (Wildman–Crippen LogP) is 1.88. The van der Waals surface area contributed by atoms with Crippen LogP contribution < -0.4 is 5.32 Å². The largest absolute Gasteiger partial charge is 0.350 e. The maximum atomic E-state index is 11.1. The van der Waals surface area contributed by atoms with Gasteiger partial charge in [-0.25, -0.2) is 0 Å². The third-order valence-electron chi connectivity index (χ3n) is 2.18. The van der Waals surface area contributed by atoms with Crippen molar-refractivity contribution in [2.24, 2.45) is 0 Å².